The molecule has 0 aromatic heterocycles. The SMILES string of the molecule is CC(C)CNS(=O)(=O)NC1(CO)CCCCC1. The molecule has 3 N–H and O–H groups in total. The highest BCUT2D eigenvalue weighted by Crippen LogP contribution is 2.28. The molecule has 6 heteroatoms. The fourth-order valence-electron chi connectivity index (χ4n) is 2.12. The summed E-state index contributed by atoms with van der Waals surface area (Å²) in [6.07, 6.45) is 4.47. The van der Waals surface area contributed by atoms with Crippen LogP contribution in [0.1, 0.15) is 46.0 Å². The molecule has 0 amide bonds. The zero-order chi connectivity index (χ0) is 12.9. The molecule has 102 valence electrons. The Morgan fingerprint density at radius 1 is 1.24 bits per heavy atom. The summed E-state index contributed by atoms with van der Waals surface area (Å²) in [5.74, 6) is 0.267. The molecule has 1 saturated carbocycles. The minimum Gasteiger partial charge on any atom is -0.394 e. The highest BCUT2D eigenvalue weighted by molar-refractivity contribution is 7.87. The summed E-state index contributed by atoms with van der Waals surface area (Å²) in [6, 6.07) is 0. The van der Waals surface area contributed by atoms with E-state index >= 15 is 0 Å². The zero-order valence-corrected chi connectivity index (χ0v) is 11.5. The van der Waals surface area contributed by atoms with Crippen molar-refractivity contribution in [1.82, 2.24) is 9.44 Å². The number of aliphatic hydroxyl groups is 1. The minimum absolute atomic E-state index is 0.129. The highest BCUT2D eigenvalue weighted by Gasteiger charge is 2.35. The Balaban J connectivity index is 2.60. The first-order chi connectivity index (χ1) is 7.89. The van der Waals surface area contributed by atoms with E-state index in [1.807, 2.05) is 13.8 Å². The van der Waals surface area contributed by atoms with Crippen LogP contribution in [0.3, 0.4) is 0 Å². The second kappa shape index (κ2) is 6.13. The third kappa shape index (κ3) is 4.91. The largest absolute Gasteiger partial charge is 0.394 e. The van der Waals surface area contributed by atoms with E-state index in [4.69, 9.17) is 0 Å². The van der Waals surface area contributed by atoms with Gasteiger partial charge in [-0.1, -0.05) is 33.1 Å². The summed E-state index contributed by atoms with van der Waals surface area (Å²) < 4.78 is 28.8. The number of hydrogen-bond acceptors (Lipinski definition) is 3. The van der Waals surface area contributed by atoms with Crippen LogP contribution in [-0.2, 0) is 10.2 Å². The molecule has 5 nitrogen and oxygen atoms in total. The Morgan fingerprint density at radius 3 is 2.29 bits per heavy atom. The van der Waals surface area contributed by atoms with Gasteiger partial charge in [0.25, 0.3) is 10.2 Å². The molecule has 0 spiro atoms. The van der Waals surface area contributed by atoms with Gasteiger partial charge in [0.05, 0.1) is 12.1 Å². The average molecular weight is 264 g/mol. The van der Waals surface area contributed by atoms with Crippen molar-refractivity contribution in [2.45, 2.75) is 51.5 Å². The first-order valence-electron chi connectivity index (χ1n) is 6.28. The molecule has 0 unspecified atom stereocenters. The molecule has 17 heavy (non-hydrogen) atoms. The molecular weight excluding hydrogens is 240 g/mol. The molecule has 1 aliphatic rings. The van der Waals surface area contributed by atoms with Crippen molar-refractivity contribution in [3.05, 3.63) is 0 Å². The standard InChI is InChI=1S/C11H24N2O3S/c1-10(2)8-12-17(15,16)13-11(9-14)6-4-3-5-7-11/h10,12-14H,3-9H2,1-2H3. The van der Waals surface area contributed by atoms with Gasteiger partial charge < -0.3 is 5.11 Å². The van der Waals surface area contributed by atoms with Crippen LogP contribution >= 0.6 is 0 Å². The fourth-order valence-corrected chi connectivity index (χ4v) is 3.58. The molecule has 0 aromatic rings. The molecule has 1 aliphatic carbocycles. The molecule has 0 atom stereocenters. The highest BCUT2D eigenvalue weighted by atomic mass is 32.2. The van der Waals surface area contributed by atoms with Crippen molar-refractivity contribution < 1.29 is 13.5 Å². The molecule has 0 saturated heterocycles. The van der Waals surface area contributed by atoms with Gasteiger partial charge in [0.1, 0.15) is 0 Å². The quantitative estimate of drug-likeness (QED) is 0.663. The number of hydrogen-bond donors (Lipinski definition) is 3. The van der Waals surface area contributed by atoms with Gasteiger partial charge in [-0.3, -0.25) is 0 Å². The maximum absolute atomic E-state index is 11.8. The molecule has 0 bridgehead atoms. The van der Waals surface area contributed by atoms with E-state index < -0.39 is 15.7 Å². The molecule has 0 radical (unpaired) electrons. The molecular formula is C11H24N2O3S. The Morgan fingerprint density at radius 2 is 1.82 bits per heavy atom. The lowest BCUT2D eigenvalue weighted by atomic mass is 9.83. The van der Waals surface area contributed by atoms with Crippen molar-refractivity contribution in [3.8, 4) is 0 Å². The third-order valence-electron chi connectivity index (χ3n) is 3.15. The summed E-state index contributed by atoms with van der Waals surface area (Å²) in [5.41, 5.74) is -0.652. The predicted molar refractivity (Wildman–Crippen MR) is 67.8 cm³/mol. The van der Waals surface area contributed by atoms with Gasteiger partial charge in [-0.05, 0) is 18.8 Å². The molecule has 0 aromatic carbocycles. The van der Waals surface area contributed by atoms with Crippen LogP contribution in [0.25, 0.3) is 0 Å². The van der Waals surface area contributed by atoms with Gasteiger partial charge >= 0.3 is 0 Å². The maximum Gasteiger partial charge on any atom is 0.277 e. The normalized spacial score (nSPS) is 20.7. The van der Waals surface area contributed by atoms with Gasteiger partial charge in [-0.15, -0.1) is 0 Å². The smallest absolute Gasteiger partial charge is 0.277 e. The van der Waals surface area contributed by atoms with E-state index in [0.29, 0.717) is 19.4 Å². The Kier molecular flexibility index (Phi) is 5.37. The second-order valence-corrected chi connectivity index (χ2v) is 6.85. The van der Waals surface area contributed by atoms with Crippen LogP contribution in [-0.4, -0.2) is 32.2 Å². The Bertz CT molecular complexity index is 322. The van der Waals surface area contributed by atoms with E-state index in [1.54, 1.807) is 0 Å². The van der Waals surface area contributed by atoms with E-state index in [2.05, 4.69) is 9.44 Å². The second-order valence-electron chi connectivity index (χ2n) is 5.35. The topological polar surface area (TPSA) is 78.4 Å². The van der Waals surface area contributed by atoms with Crippen LogP contribution in [0.4, 0.5) is 0 Å². The Hall–Kier alpha value is -0.170. The van der Waals surface area contributed by atoms with Crippen LogP contribution in [0.2, 0.25) is 0 Å². The Labute approximate surface area is 104 Å². The van der Waals surface area contributed by atoms with Gasteiger partial charge in [0, 0.05) is 6.54 Å². The van der Waals surface area contributed by atoms with Crippen molar-refractivity contribution in [2.75, 3.05) is 13.2 Å². The van der Waals surface area contributed by atoms with Crippen molar-refractivity contribution in [2.24, 2.45) is 5.92 Å². The monoisotopic (exact) mass is 264 g/mol. The lowest BCUT2D eigenvalue weighted by molar-refractivity contribution is 0.141. The zero-order valence-electron chi connectivity index (χ0n) is 10.7. The summed E-state index contributed by atoms with van der Waals surface area (Å²) in [7, 11) is -3.51. The number of rotatable bonds is 6. The van der Waals surface area contributed by atoms with Crippen molar-refractivity contribution in [3.63, 3.8) is 0 Å². The lowest BCUT2D eigenvalue weighted by Crippen LogP contribution is -2.55. The van der Waals surface area contributed by atoms with E-state index in [-0.39, 0.29) is 12.5 Å². The first kappa shape index (κ1) is 14.9. The van der Waals surface area contributed by atoms with Gasteiger partial charge in [0.2, 0.25) is 0 Å². The minimum atomic E-state index is -3.51. The van der Waals surface area contributed by atoms with Crippen molar-refractivity contribution >= 4 is 10.2 Å². The van der Waals surface area contributed by atoms with Crippen LogP contribution in [0, 0.1) is 5.92 Å². The molecule has 0 aliphatic heterocycles. The molecule has 1 rings (SSSR count). The first-order valence-corrected chi connectivity index (χ1v) is 7.77. The van der Waals surface area contributed by atoms with Crippen LogP contribution < -0.4 is 9.44 Å². The van der Waals surface area contributed by atoms with Gasteiger partial charge in [0.15, 0.2) is 0 Å². The average Bonchev–Trinajstić information content (AvgIpc) is 2.27. The maximum atomic E-state index is 11.8. The van der Waals surface area contributed by atoms with Crippen LogP contribution in [0.15, 0.2) is 0 Å². The van der Waals surface area contributed by atoms with Gasteiger partial charge in [-0.25, -0.2) is 4.72 Å². The van der Waals surface area contributed by atoms with E-state index in [9.17, 15) is 13.5 Å². The predicted octanol–water partition coefficient (Wildman–Crippen LogP) is 0.762. The molecule has 0 heterocycles. The van der Waals surface area contributed by atoms with E-state index in [0.717, 1.165) is 19.3 Å². The van der Waals surface area contributed by atoms with Crippen molar-refractivity contribution in [1.29, 1.82) is 0 Å². The molecule has 1 fully saturated rings. The summed E-state index contributed by atoms with van der Waals surface area (Å²) in [5, 5.41) is 9.43. The van der Waals surface area contributed by atoms with Crippen LogP contribution in [0.5, 0.6) is 0 Å². The summed E-state index contributed by atoms with van der Waals surface area (Å²) in [4.78, 5) is 0. The van der Waals surface area contributed by atoms with Gasteiger partial charge in [-0.2, -0.15) is 13.1 Å². The lowest BCUT2D eigenvalue weighted by Gasteiger charge is -2.36. The third-order valence-corrected chi connectivity index (χ3v) is 4.39. The fraction of sp³-hybridized carbons (Fsp3) is 1.00. The van der Waals surface area contributed by atoms with E-state index in [1.165, 1.54) is 0 Å². The number of aliphatic hydroxyl groups excluding tert-OH is 1. The number of nitrogens with one attached hydrogen (secondary N) is 2. The summed E-state index contributed by atoms with van der Waals surface area (Å²) >= 11 is 0. The summed E-state index contributed by atoms with van der Waals surface area (Å²) in [6.45, 7) is 4.18.